The van der Waals surface area contributed by atoms with Crippen LogP contribution in [0.1, 0.15) is 6.23 Å². The van der Waals surface area contributed by atoms with Gasteiger partial charge < -0.3 is 35.4 Å². The fourth-order valence-corrected chi connectivity index (χ4v) is 5.57. The molecule has 0 spiro atoms. The number of phosphoric ester groups is 1. The van der Waals surface area contributed by atoms with E-state index in [9.17, 15) is 33.6 Å². The molecule has 0 bridgehead atoms. The molecule has 0 aromatic carbocycles. The molecule has 1 aliphatic rings. The fraction of sp³-hybridized carbons (Fsp3) is 0.556. The average molecular weight is 505 g/mol. The van der Waals surface area contributed by atoms with Gasteiger partial charge in [0.2, 0.25) is 0 Å². The molecule has 166 valence electrons. The van der Waals surface area contributed by atoms with Gasteiger partial charge in [-0.25, -0.2) is 18.2 Å². The molecular formula is C9H15N3NaO14P3. The van der Waals surface area contributed by atoms with Crippen molar-refractivity contribution >= 4 is 29.3 Å². The maximum atomic E-state index is 11.9. The number of nitrogens with two attached hydrogens (primary N) is 1. The van der Waals surface area contributed by atoms with Crippen molar-refractivity contribution in [3.63, 3.8) is 0 Å². The Morgan fingerprint density at radius 2 is 1.83 bits per heavy atom. The number of aliphatic hydroxyl groups is 2. The molecule has 0 radical (unpaired) electrons. The van der Waals surface area contributed by atoms with Crippen LogP contribution in [0.4, 0.5) is 5.82 Å². The van der Waals surface area contributed by atoms with Crippen molar-refractivity contribution in [3.05, 3.63) is 22.7 Å². The van der Waals surface area contributed by atoms with Crippen LogP contribution in [0.25, 0.3) is 0 Å². The Morgan fingerprint density at radius 1 is 1.23 bits per heavy atom. The number of phosphoric acid groups is 3. The maximum Gasteiger partial charge on any atom is 1.00 e. The molecular weight excluding hydrogens is 490 g/mol. The first-order chi connectivity index (χ1) is 13.2. The summed E-state index contributed by atoms with van der Waals surface area (Å²) in [6.07, 6.45) is -6.79. The van der Waals surface area contributed by atoms with Crippen LogP contribution in [-0.2, 0) is 36.1 Å². The number of anilines is 1. The molecule has 2 heterocycles. The number of rotatable bonds is 8. The van der Waals surface area contributed by atoms with E-state index >= 15 is 0 Å². The van der Waals surface area contributed by atoms with E-state index in [1.54, 1.807) is 0 Å². The van der Waals surface area contributed by atoms with Gasteiger partial charge in [-0.3, -0.25) is 18.2 Å². The summed E-state index contributed by atoms with van der Waals surface area (Å²) < 4.78 is 56.0. The van der Waals surface area contributed by atoms with Crippen molar-refractivity contribution in [3.8, 4) is 0 Å². The summed E-state index contributed by atoms with van der Waals surface area (Å²) in [7, 11) is -16.1. The van der Waals surface area contributed by atoms with Crippen LogP contribution in [0.2, 0.25) is 0 Å². The third-order valence-corrected chi connectivity index (χ3v) is 7.35. The van der Waals surface area contributed by atoms with Crippen LogP contribution < -0.4 is 45.9 Å². The SMILES string of the molecule is COP(=O)(OP(=O)(O)O)OP(=O)([O-])O[C@H]1OC(n2ccc(N)nc2=O)C(O)C1O.[Na+]. The van der Waals surface area contributed by atoms with Crippen LogP contribution in [0.5, 0.6) is 0 Å². The molecule has 0 amide bonds. The van der Waals surface area contributed by atoms with Gasteiger partial charge in [0.15, 0.2) is 12.5 Å². The summed E-state index contributed by atoms with van der Waals surface area (Å²) in [6.45, 7) is 0. The molecule has 1 aromatic rings. The van der Waals surface area contributed by atoms with Gasteiger partial charge in [0, 0.05) is 13.3 Å². The predicted molar refractivity (Wildman–Crippen MR) is 86.4 cm³/mol. The first-order valence-electron chi connectivity index (χ1n) is 7.16. The summed E-state index contributed by atoms with van der Waals surface area (Å²) in [6, 6.07) is 1.15. The maximum absolute atomic E-state index is 11.9. The second-order valence-electron chi connectivity index (χ2n) is 5.25. The predicted octanol–water partition coefficient (Wildman–Crippen LogP) is -5.23. The van der Waals surface area contributed by atoms with Crippen LogP contribution >= 0.6 is 23.5 Å². The van der Waals surface area contributed by atoms with Crippen LogP contribution in [0, 0.1) is 0 Å². The van der Waals surface area contributed by atoms with Crippen molar-refractivity contribution < 1.29 is 90.6 Å². The zero-order chi connectivity index (χ0) is 22.2. The van der Waals surface area contributed by atoms with Gasteiger partial charge in [-0.05, 0) is 6.07 Å². The van der Waals surface area contributed by atoms with E-state index < -0.39 is 53.9 Å². The number of aromatic nitrogens is 2. The van der Waals surface area contributed by atoms with Gasteiger partial charge in [-0.15, -0.1) is 0 Å². The normalized spacial score (nSPS) is 28.3. The van der Waals surface area contributed by atoms with Crippen molar-refractivity contribution in [2.75, 3.05) is 12.8 Å². The minimum atomic E-state index is -5.79. The Bertz CT molecular complexity index is 952. The van der Waals surface area contributed by atoms with Crippen LogP contribution in [-0.4, -0.2) is 55.2 Å². The summed E-state index contributed by atoms with van der Waals surface area (Å²) in [5.41, 5.74) is 4.30. The van der Waals surface area contributed by atoms with Crippen molar-refractivity contribution in [1.82, 2.24) is 9.55 Å². The van der Waals surface area contributed by atoms with E-state index in [0.29, 0.717) is 11.7 Å². The molecule has 21 heteroatoms. The minimum Gasteiger partial charge on any atom is -0.756 e. The van der Waals surface area contributed by atoms with Gasteiger partial charge >= 0.3 is 50.9 Å². The van der Waals surface area contributed by atoms with E-state index in [2.05, 4.69) is 22.7 Å². The Kier molecular flexibility index (Phi) is 9.59. The molecule has 17 nitrogen and oxygen atoms in total. The molecule has 0 aliphatic carbocycles. The fourth-order valence-electron chi connectivity index (χ4n) is 2.05. The van der Waals surface area contributed by atoms with E-state index in [0.717, 1.165) is 12.3 Å². The van der Waals surface area contributed by atoms with Gasteiger partial charge in [-0.2, -0.15) is 9.29 Å². The zero-order valence-corrected chi connectivity index (χ0v) is 19.8. The van der Waals surface area contributed by atoms with Crippen molar-refractivity contribution in [1.29, 1.82) is 0 Å². The van der Waals surface area contributed by atoms with Gasteiger partial charge in [0.25, 0.3) is 7.82 Å². The quantitative estimate of drug-likeness (QED) is 0.163. The summed E-state index contributed by atoms with van der Waals surface area (Å²) in [5.74, 6) is -0.162. The molecule has 1 aliphatic heterocycles. The Labute approximate surface area is 189 Å². The van der Waals surface area contributed by atoms with E-state index in [-0.39, 0.29) is 35.4 Å². The number of hydrogen-bond acceptors (Lipinski definition) is 14. The third-order valence-electron chi connectivity index (χ3n) is 3.18. The first kappa shape index (κ1) is 28.0. The van der Waals surface area contributed by atoms with Gasteiger partial charge in [-0.1, -0.05) is 0 Å². The Balaban J connectivity index is 0.00000450. The van der Waals surface area contributed by atoms with E-state index in [1.165, 1.54) is 0 Å². The van der Waals surface area contributed by atoms with Crippen molar-refractivity contribution in [2.24, 2.45) is 0 Å². The Hall–Kier alpha value is -0.0300. The summed E-state index contributed by atoms with van der Waals surface area (Å²) in [5, 5.41) is 19.9. The Morgan fingerprint density at radius 3 is 2.33 bits per heavy atom. The zero-order valence-electron chi connectivity index (χ0n) is 15.1. The summed E-state index contributed by atoms with van der Waals surface area (Å²) >= 11 is 0. The molecule has 2 rings (SSSR count). The van der Waals surface area contributed by atoms with Gasteiger partial charge in [0.05, 0.1) is 0 Å². The van der Waals surface area contributed by atoms with E-state index in [1.807, 2.05) is 0 Å². The number of aliphatic hydroxyl groups excluding tert-OH is 2. The first-order valence-corrected chi connectivity index (χ1v) is 11.6. The molecule has 5 unspecified atom stereocenters. The minimum absolute atomic E-state index is 0. The van der Waals surface area contributed by atoms with E-state index in [4.69, 9.17) is 20.3 Å². The van der Waals surface area contributed by atoms with Crippen LogP contribution in [0.3, 0.4) is 0 Å². The molecule has 1 aromatic heterocycles. The molecule has 6 N–H and O–H groups in total. The number of nitrogen functional groups attached to an aromatic ring is 1. The third kappa shape index (κ3) is 7.25. The molecule has 1 saturated heterocycles. The van der Waals surface area contributed by atoms with Crippen molar-refractivity contribution in [2.45, 2.75) is 24.7 Å². The molecule has 6 atom stereocenters. The summed E-state index contributed by atoms with van der Waals surface area (Å²) in [4.78, 5) is 44.3. The largest absolute Gasteiger partial charge is 1.00 e. The molecule has 0 saturated carbocycles. The second kappa shape index (κ2) is 10.3. The molecule has 30 heavy (non-hydrogen) atoms. The van der Waals surface area contributed by atoms with Gasteiger partial charge in [0.1, 0.15) is 18.0 Å². The average Bonchev–Trinajstić information content (AvgIpc) is 2.80. The monoisotopic (exact) mass is 505 g/mol. The number of hydrogen-bond donors (Lipinski definition) is 5. The number of nitrogens with zero attached hydrogens (tertiary/aromatic N) is 2. The smallest absolute Gasteiger partial charge is 0.756 e. The standard InChI is InChI=1S/C9H16N3O14P3.Na/c1-22-29(21,25-27(16,17)18)26-28(19,20)24-8-6(14)5(13)7(23-8)12-3-2-4(10)11-9(12)15;/h2-3,5-8,13-14H,1H3,(H,19,20)(H2,10,11,15)(H2,16,17,18);/q;+1/p-1/t5?,6?,7?,8-,29?;/m1./s1. The topological polar surface area (TPSA) is 262 Å². The second-order valence-corrected chi connectivity index (χ2v) is 9.91. The molecule has 1 fully saturated rings. The number of ether oxygens (including phenoxy) is 1. The van der Waals surface area contributed by atoms with Crippen LogP contribution in [0.15, 0.2) is 17.1 Å².